The van der Waals surface area contributed by atoms with Crippen LogP contribution in [0.4, 0.5) is 18.9 Å². The van der Waals surface area contributed by atoms with Crippen LogP contribution in [0, 0.1) is 0 Å². The fourth-order valence-corrected chi connectivity index (χ4v) is 3.69. The number of aromatic nitrogens is 3. The van der Waals surface area contributed by atoms with Crippen molar-refractivity contribution in [3.63, 3.8) is 0 Å². The Morgan fingerprint density at radius 3 is 2.65 bits per heavy atom. The van der Waals surface area contributed by atoms with Gasteiger partial charge in [-0.15, -0.1) is 0 Å². The number of benzene rings is 2. The Bertz CT molecular complexity index is 1440. The normalized spacial score (nSPS) is 12.7. The highest BCUT2D eigenvalue weighted by Crippen LogP contribution is 2.37. The van der Waals surface area contributed by atoms with E-state index in [2.05, 4.69) is 15.4 Å². The summed E-state index contributed by atoms with van der Waals surface area (Å²) in [6.45, 7) is 0.0273. The van der Waals surface area contributed by atoms with Crippen molar-refractivity contribution >= 4 is 28.8 Å². The topological polar surface area (TPSA) is 87.0 Å². The van der Waals surface area contributed by atoms with Crippen LogP contribution in [0.5, 0.6) is 17.2 Å². The maximum Gasteiger partial charge on any atom is 0.433 e. The Labute approximate surface area is 194 Å². The van der Waals surface area contributed by atoms with Crippen molar-refractivity contribution in [2.45, 2.75) is 6.18 Å². The minimum Gasteiger partial charge on any atom is -0.495 e. The summed E-state index contributed by atoms with van der Waals surface area (Å²) in [7, 11) is 1.44. The highest BCUT2D eigenvalue weighted by Gasteiger charge is 2.36. The number of carbonyl (C=O) groups excluding carboxylic acids is 1. The van der Waals surface area contributed by atoms with Crippen molar-refractivity contribution in [1.82, 2.24) is 14.6 Å². The predicted molar refractivity (Wildman–Crippen MR) is 116 cm³/mol. The molecule has 0 atom stereocenters. The molecule has 8 nitrogen and oxygen atoms in total. The van der Waals surface area contributed by atoms with Crippen LogP contribution in [-0.2, 0) is 6.18 Å². The highest BCUT2D eigenvalue weighted by molar-refractivity contribution is 6.32. The Morgan fingerprint density at radius 2 is 1.91 bits per heavy atom. The summed E-state index contributed by atoms with van der Waals surface area (Å²) in [5.74, 6) is 0.564. The number of hydrogen-bond acceptors (Lipinski definition) is 6. The monoisotopic (exact) mass is 490 g/mol. The van der Waals surface area contributed by atoms with Crippen molar-refractivity contribution in [3.8, 4) is 28.5 Å². The van der Waals surface area contributed by atoms with Gasteiger partial charge in [-0.25, -0.2) is 9.50 Å². The molecule has 1 amide bonds. The van der Waals surface area contributed by atoms with Crippen molar-refractivity contribution < 1.29 is 32.2 Å². The van der Waals surface area contributed by atoms with E-state index in [1.807, 2.05) is 0 Å². The van der Waals surface area contributed by atoms with E-state index in [9.17, 15) is 18.0 Å². The number of nitrogens with zero attached hydrogens (tertiary/aromatic N) is 3. The number of halogens is 4. The molecule has 0 saturated heterocycles. The highest BCUT2D eigenvalue weighted by atomic mass is 35.5. The maximum atomic E-state index is 13.8. The molecule has 1 aliphatic heterocycles. The molecule has 5 rings (SSSR count). The lowest BCUT2D eigenvalue weighted by atomic mass is 10.1. The summed E-state index contributed by atoms with van der Waals surface area (Å²) in [6, 6.07) is 11.3. The molecule has 1 aliphatic rings. The van der Waals surface area contributed by atoms with Gasteiger partial charge in [0.25, 0.3) is 5.91 Å². The number of ether oxygens (including phenoxy) is 3. The van der Waals surface area contributed by atoms with E-state index in [1.54, 1.807) is 24.3 Å². The van der Waals surface area contributed by atoms with E-state index in [0.29, 0.717) is 33.0 Å². The van der Waals surface area contributed by atoms with Crippen LogP contribution in [0.3, 0.4) is 0 Å². The molecular weight excluding hydrogens is 477 g/mol. The third-order valence-electron chi connectivity index (χ3n) is 5.03. The summed E-state index contributed by atoms with van der Waals surface area (Å²) in [5.41, 5.74) is -0.757. The molecule has 0 aliphatic carbocycles. The van der Waals surface area contributed by atoms with Gasteiger partial charge in [0.05, 0.1) is 17.8 Å². The quantitative estimate of drug-likeness (QED) is 0.430. The van der Waals surface area contributed by atoms with Crippen LogP contribution in [0.1, 0.15) is 16.2 Å². The van der Waals surface area contributed by atoms with Crippen molar-refractivity contribution in [2.75, 3.05) is 19.2 Å². The number of fused-ring (bicyclic) bond motifs is 2. The predicted octanol–water partition coefficient (Wildman–Crippen LogP) is 5.06. The second kappa shape index (κ2) is 8.10. The lowest BCUT2D eigenvalue weighted by Crippen LogP contribution is -2.15. The second-order valence-electron chi connectivity index (χ2n) is 7.20. The van der Waals surface area contributed by atoms with Gasteiger partial charge in [-0.05, 0) is 42.5 Å². The van der Waals surface area contributed by atoms with Crippen LogP contribution in [0.25, 0.3) is 16.9 Å². The minimum absolute atomic E-state index is 0.0273. The summed E-state index contributed by atoms with van der Waals surface area (Å²) in [4.78, 5) is 17.0. The number of amides is 1. The van der Waals surface area contributed by atoms with Crippen molar-refractivity contribution in [2.24, 2.45) is 0 Å². The standard InChI is InChI=1S/C22H14ClF3N4O4/c1-32-16-5-3-12(7-13(16)23)27-21(31)15-9-20-28-14(8-19(22(24,25)26)30(20)29-15)11-2-4-17-18(6-11)34-10-33-17/h2-9H,10H2,1H3,(H,27,31). The van der Waals surface area contributed by atoms with Crippen LogP contribution < -0.4 is 19.5 Å². The molecule has 2 aromatic heterocycles. The number of nitrogens with one attached hydrogen (secondary N) is 1. The lowest BCUT2D eigenvalue weighted by Gasteiger charge is -2.11. The molecule has 2 aromatic carbocycles. The zero-order valence-corrected chi connectivity index (χ0v) is 18.1. The first-order valence-corrected chi connectivity index (χ1v) is 10.1. The first-order valence-electron chi connectivity index (χ1n) is 9.76. The van der Waals surface area contributed by atoms with Gasteiger partial charge in [-0.1, -0.05) is 11.6 Å². The molecule has 12 heteroatoms. The third-order valence-corrected chi connectivity index (χ3v) is 5.32. The average Bonchev–Trinajstić information content (AvgIpc) is 3.44. The minimum atomic E-state index is -4.75. The summed E-state index contributed by atoms with van der Waals surface area (Å²) >= 11 is 6.06. The van der Waals surface area contributed by atoms with E-state index in [1.165, 1.54) is 25.3 Å². The second-order valence-corrected chi connectivity index (χ2v) is 7.60. The number of anilines is 1. The smallest absolute Gasteiger partial charge is 0.433 e. The van der Waals surface area contributed by atoms with Crippen molar-refractivity contribution in [1.29, 1.82) is 0 Å². The summed E-state index contributed by atoms with van der Waals surface area (Å²) in [5, 5.41) is 6.65. The molecule has 0 spiro atoms. The Morgan fingerprint density at radius 1 is 1.12 bits per heavy atom. The SMILES string of the molecule is COc1ccc(NC(=O)c2cc3nc(-c4ccc5c(c4)OCO5)cc(C(F)(F)F)n3n2)cc1Cl. The third kappa shape index (κ3) is 3.94. The number of hydrogen-bond donors (Lipinski definition) is 1. The van der Waals surface area contributed by atoms with Gasteiger partial charge in [0.2, 0.25) is 6.79 Å². The molecule has 0 unspecified atom stereocenters. The van der Waals surface area contributed by atoms with Crippen molar-refractivity contribution in [3.05, 3.63) is 64.9 Å². The van der Waals surface area contributed by atoms with Gasteiger partial charge < -0.3 is 19.5 Å². The molecule has 0 bridgehead atoms. The molecule has 3 heterocycles. The number of methoxy groups -OCH3 is 1. The Kier molecular flexibility index (Phi) is 5.20. The fraction of sp³-hybridized carbons (Fsp3) is 0.136. The number of rotatable bonds is 4. The zero-order chi connectivity index (χ0) is 24.0. The maximum absolute atomic E-state index is 13.8. The number of carbonyl (C=O) groups is 1. The van der Waals surface area contributed by atoms with Gasteiger partial charge in [0.1, 0.15) is 5.75 Å². The molecule has 0 fully saturated rings. The molecule has 34 heavy (non-hydrogen) atoms. The Balaban J connectivity index is 1.54. The van der Waals surface area contributed by atoms with E-state index in [4.69, 9.17) is 25.8 Å². The van der Waals surface area contributed by atoms with E-state index < -0.39 is 17.8 Å². The average molecular weight is 491 g/mol. The van der Waals surface area contributed by atoms with Crippen LogP contribution >= 0.6 is 11.6 Å². The molecule has 0 radical (unpaired) electrons. The molecule has 4 aromatic rings. The molecular formula is C22H14ClF3N4O4. The van der Waals surface area contributed by atoms with Gasteiger partial charge >= 0.3 is 6.18 Å². The zero-order valence-electron chi connectivity index (χ0n) is 17.3. The van der Waals surface area contributed by atoms with Crippen LogP contribution in [0.2, 0.25) is 5.02 Å². The lowest BCUT2D eigenvalue weighted by molar-refractivity contribution is -0.142. The Hall–Kier alpha value is -3.99. The van der Waals surface area contributed by atoms with E-state index >= 15 is 0 Å². The van der Waals surface area contributed by atoms with Crippen LogP contribution in [0.15, 0.2) is 48.5 Å². The molecule has 0 saturated carbocycles. The number of alkyl halides is 3. The van der Waals surface area contributed by atoms with E-state index in [0.717, 1.165) is 6.07 Å². The molecule has 1 N–H and O–H groups in total. The van der Waals surface area contributed by atoms with Gasteiger partial charge in [-0.3, -0.25) is 4.79 Å². The summed E-state index contributed by atoms with van der Waals surface area (Å²) in [6.07, 6.45) is -4.75. The largest absolute Gasteiger partial charge is 0.495 e. The van der Waals surface area contributed by atoms with Gasteiger partial charge in [0.15, 0.2) is 28.5 Å². The van der Waals surface area contributed by atoms with Crippen LogP contribution in [-0.4, -0.2) is 34.4 Å². The first-order chi connectivity index (χ1) is 16.2. The van der Waals surface area contributed by atoms with Gasteiger partial charge in [0, 0.05) is 17.3 Å². The molecule has 174 valence electrons. The fourth-order valence-electron chi connectivity index (χ4n) is 3.43. The van der Waals surface area contributed by atoms with E-state index in [-0.39, 0.29) is 28.9 Å². The summed E-state index contributed by atoms with van der Waals surface area (Å²) < 4.78 is 57.7. The van der Waals surface area contributed by atoms with Gasteiger partial charge in [-0.2, -0.15) is 18.3 Å². The first kappa shape index (κ1) is 21.8.